The normalized spacial score (nSPS) is 12.3. The first-order valence-electron chi connectivity index (χ1n) is 8.27. The molecule has 0 aliphatic carbocycles. The lowest BCUT2D eigenvalue weighted by Crippen LogP contribution is -2.21. The molecule has 0 saturated carbocycles. The van der Waals surface area contributed by atoms with E-state index in [4.69, 9.17) is 15.2 Å². The molecule has 2 N–H and O–H groups in total. The molecule has 0 aliphatic heterocycles. The predicted molar refractivity (Wildman–Crippen MR) is 98.0 cm³/mol. The van der Waals surface area contributed by atoms with Crippen molar-refractivity contribution >= 4 is 10.9 Å². The van der Waals surface area contributed by atoms with Crippen LogP contribution in [0.1, 0.15) is 18.9 Å². The number of ether oxygens (including phenoxy) is 2. The van der Waals surface area contributed by atoms with Gasteiger partial charge in [0.2, 0.25) is 5.88 Å². The standard InChI is InChI=1S/C20H24N2O2/c1-4-14(21)13-18-17-7-5-6-8-19(17)22(2)20(18)24-16-11-9-15(23-3)10-12-16/h5-12,14H,4,13,21H2,1-3H3. The van der Waals surface area contributed by atoms with Gasteiger partial charge in [-0.3, -0.25) is 0 Å². The third-order valence-corrected chi connectivity index (χ3v) is 4.42. The number of nitrogens with two attached hydrogens (primary N) is 1. The molecule has 0 fully saturated rings. The van der Waals surface area contributed by atoms with E-state index >= 15 is 0 Å². The highest BCUT2D eigenvalue weighted by Crippen LogP contribution is 2.35. The number of rotatable bonds is 6. The van der Waals surface area contributed by atoms with Crippen molar-refractivity contribution in [3.8, 4) is 17.4 Å². The lowest BCUT2D eigenvalue weighted by atomic mass is 10.0. The Morgan fingerprint density at radius 2 is 1.71 bits per heavy atom. The topological polar surface area (TPSA) is 49.4 Å². The molecule has 126 valence electrons. The fourth-order valence-corrected chi connectivity index (χ4v) is 2.94. The Labute approximate surface area is 142 Å². The van der Waals surface area contributed by atoms with Crippen LogP contribution in [0.4, 0.5) is 0 Å². The number of hydrogen-bond acceptors (Lipinski definition) is 3. The Kier molecular flexibility index (Phi) is 4.76. The summed E-state index contributed by atoms with van der Waals surface area (Å²) in [7, 11) is 3.69. The van der Waals surface area contributed by atoms with Crippen LogP contribution in [0.5, 0.6) is 17.4 Å². The molecule has 1 heterocycles. The van der Waals surface area contributed by atoms with Gasteiger partial charge < -0.3 is 19.8 Å². The van der Waals surface area contributed by atoms with Crippen LogP contribution in [0.25, 0.3) is 10.9 Å². The number of aromatic nitrogens is 1. The van der Waals surface area contributed by atoms with E-state index < -0.39 is 0 Å². The van der Waals surface area contributed by atoms with Crippen LogP contribution in [-0.2, 0) is 13.5 Å². The molecule has 0 saturated heterocycles. The summed E-state index contributed by atoms with van der Waals surface area (Å²) in [5.41, 5.74) is 8.54. The molecule has 1 unspecified atom stereocenters. The summed E-state index contributed by atoms with van der Waals surface area (Å²) in [5.74, 6) is 2.45. The van der Waals surface area contributed by atoms with E-state index in [0.717, 1.165) is 35.7 Å². The second-order valence-electron chi connectivity index (χ2n) is 6.01. The van der Waals surface area contributed by atoms with Gasteiger partial charge in [-0.05, 0) is 43.2 Å². The summed E-state index contributed by atoms with van der Waals surface area (Å²) < 4.78 is 13.5. The molecule has 0 radical (unpaired) electrons. The van der Waals surface area contributed by atoms with Gasteiger partial charge in [-0.1, -0.05) is 25.1 Å². The van der Waals surface area contributed by atoms with Gasteiger partial charge in [0, 0.05) is 24.0 Å². The highest BCUT2D eigenvalue weighted by Gasteiger charge is 2.18. The molecular weight excluding hydrogens is 300 g/mol. The Balaban J connectivity index is 2.04. The van der Waals surface area contributed by atoms with E-state index in [9.17, 15) is 0 Å². The maximum Gasteiger partial charge on any atom is 0.204 e. The minimum absolute atomic E-state index is 0.119. The van der Waals surface area contributed by atoms with E-state index in [2.05, 4.69) is 29.7 Å². The van der Waals surface area contributed by atoms with E-state index in [1.807, 2.05) is 37.4 Å². The average molecular weight is 324 g/mol. The quantitative estimate of drug-likeness (QED) is 0.737. The van der Waals surface area contributed by atoms with Crippen molar-refractivity contribution in [3.63, 3.8) is 0 Å². The van der Waals surface area contributed by atoms with Gasteiger partial charge in [0.1, 0.15) is 11.5 Å². The Morgan fingerprint density at radius 1 is 1.04 bits per heavy atom. The second-order valence-corrected chi connectivity index (χ2v) is 6.01. The lowest BCUT2D eigenvalue weighted by Gasteiger charge is -2.13. The first-order chi connectivity index (χ1) is 11.6. The minimum Gasteiger partial charge on any atom is -0.497 e. The number of benzene rings is 2. The van der Waals surface area contributed by atoms with E-state index in [0.29, 0.717) is 0 Å². The first-order valence-corrected chi connectivity index (χ1v) is 8.27. The largest absolute Gasteiger partial charge is 0.497 e. The third kappa shape index (κ3) is 3.10. The molecule has 2 aromatic carbocycles. The van der Waals surface area contributed by atoms with Gasteiger partial charge in [-0.15, -0.1) is 0 Å². The molecule has 3 aromatic rings. The molecule has 3 rings (SSSR count). The van der Waals surface area contributed by atoms with Crippen LogP contribution in [0.15, 0.2) is 48.5 Å². The summed E-state index contributed by atoms with van der Waals surface area (Å²) in [6.07, 6.45) is 1.73. The molecule has 1 atom stereocenters. The number of aryl methyl sites for hydroxylation is 1. The van der Waals surface area contributed by atoms with E-state index in [-0.39, 0.29) is 6.04 Å². The molecule has 0 spiro atoms. The summed E-state index contributed by atoms with van der Waals surface area (Å²) >= 11 is 0. The zero-order valence-corrected chi connectivity index (χ0v) is 14.5. The Hall–Kier alpha value is -2.46. The number of para-hydroxylation sites is 1. The van der Waals surface area contributed by atoms with Gasteiger partial charge in [0.25, 0.3) is 0 Å². The average Bonchev–Trinajstić information content (AvgIpc) is 2.88. The van der Waals surface area contributed by atoms with Crippen molar-refractivity contribution in [2.24, 2.45) is 12.8 Å². The lowest BCUT2D eigenvalue weighted by molar-refractivity contribution is 0.410. The second kappa shape index (κ2) is 6.97. The minimum atomic E-state index is 0.119. The first kappa shape index (κ1) is 16.4. The number of hydrogen-bond donors (Lipinski definition) is 1. The van der Waals surface area contributed by atoms with Crippen molar-refractivity contribution in [2.75, 3.05) is 7.11 Å². The maximum absolute atomic E-state index is 6.22. The number of methoxy groups -OCH3 is 1. The molecule has 1 aromatic heterocycles. The highest BCUT2D eigenvalue weighted by molar-refractivity contribution is 5.87. The monoisotopic (exact) mass is 324 g/mol. The maximum atomic E-state index is 6.22. The summed E-state index contributed by atoms with van der Waals surface area (Å²) in [6, 6.07) is 16.1. The van der Waals surface area contributed by atoms with Gasteiger partial charge >= 0.3 is 0 Å². The van der Waals surface area contributed by atoms with Crippen molar-refractivity contribution < 1.29 is 9.47 Å². The number of fused-ring (bicyclic) bond motifs is 1. The Morgan fingerprint density at radius 3 is 2.38 bits per heavy atom. The number of nitrogens with zero attached hydrogens (tertiary/aromatic N) is 1. The van der Waals surface area contributed by atoms with Gasteiger partial charge in [0.05, 0.1) is 12.6 Å². The fourth-order valence-electron chi connectivity index (χ4n) is 2.94. The van der Waals surface area contributed by atoms with Crippen molar-refractivity contribution in [2.45, 2.75) is 25.8 Å². The molecule has 4 nitrogen and oxygen atoms in total. The smallest absolute Gasteiger partial charge is 0.204 e. The van der Waals surface area contributed by atoms with Crippen molar-refractivity contribution in [1.82, 2.24) is 4.57 Å². The van der Waals surface area contributed by atoms with E-state index in [1.54, 1.807) is 7.11 Å². The SMILES string of the molecule is CCC(N)Cc1c(Oc2ccc(OC)cc2)n(C)c2ccccc12. The highest BCUT2D eigenvalue weighted by atomic mass is 16.5. The zero-order chi connectivity index (χ0) is 17.1. The molecule has 4 heteroatoms. The van der Waals surface area contributed by atoms with Crippen molar-refractivity contribution in [3.05, 3.63) is 54.1 Å². The van der Waals surface area contributed by atoms with E-state index in [1.165, 1.54) is 10.9 Å². The molecule has 0 amide bonds. The van der Waals surface area contributed by atoms with Gasteiger partial charge in [-0.2, -0.15) is 0 Å². The van der Waals surface area contributed by atoms with Crippen LogP contribution in [0.3, 0.4) is 0 Å². The van der Waals surface area contributed by atoms with Crippen LogP contribution in [0, 0.1) is 0 Å². The summed E-state index contributed by atoms with van der Waals surface area (Å²) in [4.78, 5) is 0. The summed E-state index contributed by atoms with van der Waals surface area (Å²) in [5, 5.41) is 1.20. The summed E-state index contributed by atoms with van der Waals surface area (Å²) in [6.45, 7) is 2.11. The van der Waals surface area contributed by atoms with Crippen LogP contribution < -0.4 is 15.2 Å². The predicted octanol–water partition coefficient (Wildman–Crippen LogP) is 4.26. The molecule has 0 bridgehead atoms. The van der Waals surface area contributed by atoms with Crippen LogP contribution >= 0.6 is 0 Å². The van der Waals surface area contributed by atoms with Crippen LogP contribution in [0.2, 0.25) is 0 Å². The third-order valence-electron chi connectivity index (χ3n) is 4.42. The van der Waals surface area contributed by atoms with Crippen LogP contribution in [-0.4, -0.2) is 17.7 Å². The zero-order valence-electron chi connectivity index (χ0n) is 14.5. The Bertz CT molecular complexity index is 822. The van der Waals surface area contributed by atoms with Gasteiger partial charge in [-0.25, -0.2) is 0 Å². The molecule has 0 aliphatic rings. The molecule has 24 heavy (non-hydrogen) atoms. The fraction of sp³-hybridized carbons (Fsp3) is 0.300. The van der Waals surface area contributed by atoms with Crippen molar-refractivity contribution in [1.29, 1.82) is 0 Å². The molecular formula is C20H24N2O2. The van der Waals surface area contributed by atoms with Gasteiger partial charge in [0.15, 0.2) is 0 Å².